The Morgan fingerprint density at radius 1 is 1.36 bits per heavy atom. The topological polar surface area (TPSA) is 48.0 Å². The van der Waals surface area contributed by atoms with Gasteiger partial charge >= 0.3 is 5.97 Å². The minimum absolute atomic E-state index is 0.0177. The lowest BCUT2D eigenvalue weighted by atomic mass is 9.93. The number of hydrogen-bond acceptors (Lipinski definition) is 5. The Bertz CT molecular complexity index is 513. The van der Waals surface area contributed by atoms with Crippen molar-refractivity contribution in [3.05, 3.63) is 29.8 Å². The number of likely N-dealkylation sites (tertiary alicyclic amines) is 1. The Balaban J connectivity index is 1.48. The minimum Gasteiger partial charge on any atom is -0.493 e. The molecule has 2 aliphatic heterocycles. The maximum atomic E-state index is 12.4. The summed E-state index contributed by atoms with van der Waals surface area (Å²) in [6.07, 6.45) is 0.709. The zero-order valence-electron chi connectivity index (χ0n) is 13.0. The van der Waals surface area contributed by atoms with E-state index in [1.807, 2.05) is 31.2 Å². The summed E-state index contributed by atoms with van der Waals surface area (Å²) in [4.78, 5) is 14.7. The van der Waals surface area contributed by atoms with Gasteiger partial charge in [0, 0.05) is 31.8 Å². The number of fused-ring (bicyclic) bond motifs is 1. The van der Waals surface area contributed by atoms with Crippen LogP contribution in [-0.2, 0) is 14.3 Å². The van der Waals surface area contributed by atoms with Gasteiger partial charge in [0.1, 0.15) is 11.9 Å². The SMILES string of the molecule is CCOCCN1CC(OC(=O)[C@H]2CCOc3ccccc32)C1. The quantitative estimate of drug-likeness (QED) is 0.592. The first-order valence-corrected chi connectivity index (χ1v) is 8.00. The molecule has 1 fully saturated rings. The molecule has 0 aromatic heterocycles. The highest BCUT2D eigenvalue weighted by Gasteiger charge is 2.34. The van der Waals surface area contributed by atoms with E-state index in [4.69, 9.17) is 14.2 Å². The number of esters is 1. The number of rotatable bonds is 6. The zero-order valence-corrected chi connectivity index (χ0v) is 13.0. The van der Waals surface area contributed by atoms with Crippen LogP contribution in [0.1, 0.15) is 24.8 Å². The Morgan fingerprint density at radius 2 is 2.18 bits per heavy atom. The van der Waals surface area contributed by atoms with E-state index in [1.54, 1.807) is 0 Å². The lowest BCUT2D eigenvalue weighted by molar-refractivity contribution is -0.160. The number of carbonyl (C=O) groups is 1. The van der Waals surface area contributed by atoms with Gasteiger partial charge in [0.05, 0.1) is 19.1 Å². The second-order valence-electron chi connectivity index (χ2n) is 5.74. The van der Waals surface area contributed by atoms with E-state index < -0.39 is 0 Å². The van der Waals surface area contributed by atoms with Gasteiger partial charge in [-0.25, -0.2) is 0 Å². The van der Waals surface area contributed by atoms with Crippen molar-refractivity contribution in [3.63, 3.8) is 0 Å². The lowest BCUT2D eigenvalue weighted by Crippen LogP contribution is -2.54. The van der Waals surface area contributed by atoms with Gasteiger partial charge in [-0.3, -0.25) is 9.69 Å². The first kappa shape index (κ1) is 15.3. The molecule has 0 radical (unpaired) electrons. The van der Waals surface area contributed by atoms with Crippen molar-refractivity contribution in [3.8, 4) is 5.75 Å². The number of carbonyl (C=O) groups excluding carboxylic acids is 1. The standard InChI is InChI=1S/C17H23NO4/c1-2-20-10-8-18-11-13(12-18)22-17(19)15-7-9-21-16-6-4-3-5-14(15)16/h3-6,13,15H,2,7-12H2,1H3/t15-/m0/s1. The molecule has 0 unspecified atom stereocenters. The molecular formula is C17H23NO4. The van der Waals surface area contributed by atoms with Gasteiger partial charge in [-0.15, -0.1) is 0 Å². The van der Waals surface area contributed by atoms with Crippen molar-refractivity contribution in [1.29, 1.82) is 0 Å². The summed E-state index contributed by atoms with van der Waals surface area (Å²) in [5.74, 6) is 0.496. The van der Waals surface area contributed by atoms with E-state index in [0.717, 1.165) is 44.2 Å². The van der Waals surface area contributed by atoms with Gasteiger partial charge in [0.15, 0.2) is 0 Å². The summed E-state index contributed by atoms with van der Waals surface area (Å²) < 4.78 is 16.6. The monoisotopic (exact) mass is 305 g/mol. The van der Waals surface area contributed by atoms with Crippen molar-refractivity contribution in [2.45, 2.75) is 25.4 Å². The smallest absolute Gasteiger partial charge is 0.314 e. The summed E-state index contributed by atoms with van der Waals surface area (Å²) in [7, 11) is 0. The van der Waals surface area contributed by atoms with Gasteiger partial charge in [0.25, 0.3) is 0 Å². The van der Waals surface area contributed by atoms with Crippen LogP contribution in [0.3, 0.4) is 0 Å². The Morgan fingerprint density at radius 3 is 3.00 bits per heavy atom. The van der Waals surface area contributed by atoms with Crippen LogP contribution in [0.15, 0.2) is 24.3 Å². The molecule has 3 rings (SSSR count). The third kappa shape index (κ3) is 3.42. The van der Waals surface area contributed by atoms with Gasteiger partial charge in [-0.2, -0.15) is 0 Å². The fourth-order valence-electron chi connectivity index (χ4n) is 2.95. The van der Waals surface area contributed by atoms with Gasteiger partial charge in [-0.05, 0) is 19.4 Å². The van der Waals surface area contributed by atoms with Crippen molar-refractivity contribution in [1.82, 2.24) is 4.90 Å². The molecule has 1 saturated heterocycles. The first-order chi connectivity index (χ1) is 10.8. The summed E-state index contributed by atoms with van der Waals surface area (Å²) in [5, 5.41) is 0. The van der Waals surface area contributed by atoms with Crippen molar-refractivity contribution in [2.75, 3.05) is 39.5 Å². The van der Waals surface area contributed by atoms with Crippen LogP contribution < -0.4 is 4.74 Å². The molecule has 5 nitrogen and oxygen atoms in total. The molecule has 2 heterocycles. The predicted octanol–water partition coefficient (Wildman–Crippen LogP) is 1.82. The number of para-hydroxylation sites is 1. The van der Waals surface area contributed by atoms with Crippen LogP contribution in [0.5, 0.6) is 5.75 Å². The second-order valence-corrected chi connectivity index (χ2v) is 5.74. The molecule has 0 amide bonds. The molecule has 1 aromatic rings. The van der Waals surface area contributed by atoms with E-state index >= 15 is 0 Å². The normalized spacial score (nSPS) is 21.6. The lowest BCUT2D eigenvalue weighted by Gasteiger charge is -2.39. The zero-order chi connectivity index (χ0) is 15.4. The summed E-state index contributed by atoms with van der Waals surface area (Å²) in [6, 6.07) is 7.73. The number of nitrogens with zero attached hydrogens (tertiary/aromatic N) is 1. The molecular weight excluding hydrogens is 282 g/mol. The second kappa shape index (κ2) is 7.11. The molecule has 0 saturated carbocycles. The molecule has 120 valence electrons. The molecule has 0 bridgehead atoms. The van der Waals surface area contributed by atoms with Crippen LogP contribution in [-0.4, -0.2) is 56.4 Å². The molecule has 0 aliphatic carbocycles. The average molecular weight is 305 g/mol. The summed E-state index contributed by atoms with van der Waals surface area (Å²) >= 11 is 0. The highest BCUT2D eigenvalue weighted by Crippen LogP contribution is 2.34. The highest BCUT2D eigenvalue weighted by atomic mass is 16.5. The largest absolute Gasteiger partial charge is 0.493 e. The predicted molar refractivity (Wildman–Crippen MR) is 82.1 cm³/mol. The summed E-state index contributed by atoms with van der Waals surface area (Å²) in [6.45, 7) is 6.57. The number of benzene rings is 1. The van der Waals surface area contributed by atoms with Crippen molar-refractivity contribution in [2.24, 2.45) is 0 Å². The molecule has 22 heavy (non-hydrogen) atoms. The van der Waals surface area contributed by atoms with Crippen LogP contribution in [0, 0.1) is 0 Å². The Labute approximate surface area is 131 Å². The van der Waals surface area contributed by atoms with Gasteiger partial charge in [0.2, 0.25) is 0 Å². The van der Waals surface area contributed by atoms with Crippen LogP contribution >= 0.6 is 0 Å². The van der Waals surface area contributed by atoms with E-state index in [0.29, 0.717) is 13.0 Å². The molecule has 1 aromatic carbocycles. The van der Waals surface area contributed by atoms with E-state index in [9.17, 15) is 4.79 Å². The van der Waals surface area contributed by atoms with E-state index in [2.05, 4.69) is 4.90 Å². The van der Waals surface area contributed by atoms with Crippen LogP contribution in [0.2, 0.25) is 0 Å². The molecule has 1 atom stereocenters. The van der Waals surface area contributed by atoms with E-state index in [1.165, 1.54) is 0 Å². The molecule has 2 aliphatic rings. The molecule has 0 N–H and O–H groups in total. The third-order valence-corrected chi connectivity index (χ3v) is 4.21. The molecule has 5 heteroatoms. The Kier molecular flexibility index (Phi) is 4.95. The van der Waals surface area contributed by atoms with Gasteiger partial charge < -0.3 is 14.2 Å². The average Bonchev–Trinajstić information content (AvgIpc) is 2.51. The van der Waals surface area contributed by atoms with E-state index in [-0.39, 0.29) is 18.0 Å². The minimum atomic E-state index is -0.192. The van der Waals surface area contributed by atoms with Crippen LogP contribution in [0.25, 0.3) is 0 Å². The molecule has 0 spiro atoms. The fraction of sp³-hybridized carbons (Fsp3) is 0.588. The van der Waals surface area contributed by atoms with Crippen molar-refractivity contribution >= 4 is 5.97 Å². The summed E-state index contributed by atoms with van der Waals surface area (Å²) in [5.41, 5.74) is 0.950. The van der Waals surface area contributed by atoms with Gasteiger partial charge in [-0.1, -0.05) is 18.2 Å². The maximum absolute atomic E-state index is 12.4. The number of hydrogen-bond donors (Lipinski definition) is 0. The maximum Gasteiger partial charge on any atom is 0.314 e. The number of ether oxygens (including phenoxy) is 3. The first-order valence-electron chi connectivity index (χ1n) is 8.00. The van der Waals surface area contributed by atoms with Crippen molar-refractivity contribution < 1.29 is 19.0 Å². The third-order valence-electron chi connectivity index (χ3n) is 4.21. The fourth-order valence-corrected chi connectivity index (χ4v) is 2.95. The Hall–Kier alpha value is -1.59. The highest BCUT2D eigenvalue weighted by molar-refractivity contribution is 5.79. The van der Waals surface area contributed by atoms with Crippen LogP contribution in [0.4, 0.5) is 0 Å².